The third kappa shape index (κ3) is 3.58. The average Bonchev–Trinajstić information content (AvgIpc) is 3.24. The summed E-state index contributed by atoms with van der Waals surface area (Å²) in [4.78, 5) is 25.0. The average molecular weight is 309 g/mol. The number of aliphatic carboxylic acids is 1. The monoisotopic (exact) mass is 309 g/mol. The molecule has 1 aliphatic carbocycles. The van der Waals surface area contributed by atoms with Gasteiger partial charge in [0.2, 0.25) is 0 Å². The second-order valence-electron chi connectivity index (χ2n) is 5.93. The summed E-state index contributed by atoms with van der Waals surface area (Å²) in [6, 6.07) is 0.161. The van der Waals surface area contributed by atoms with Crippen molar-refractivity contribution in [3.63, 3.8) is 0 Å². The number of rotatable bonds is 7. The van der Waals surface area contributed by atoms with Gasteiger partial charge in [-0.05, 0) is 26.7 Å². The minimum atomic E-state index is -0.890. The molecule has 0 spiro atoms. The molecule has 1 amide bonds. The van der Waals surface area contributed by atoms with Crippen LogP contribution in [0.5, 0.6) is 5.75 Å². The van der Waals surface area contributed by atoms with E-state index in [4.69, 9.17) is 9.84 Å². The van der Waals surface area contributed by atoms with E-state index >= 15 is 0 Å². The molecule has 0 aliphatic heterocycles. The van der Waals surface area contributed by atoms with Gasteiger partial charge in [-0.3, -0.25) is 14.3 Å². The normalized spacial score (nSPS) is 15.5. The SMILES string of the molecule is Cc1nn(C)c(C)c1OCC(=O)N(C[C@@H](C)C(=O)O)C1CC1. The molecule has 0 bridgehead atoms. The van der Waals surface area contributed by atoms with E-state index in [-0.39, 0.29) is 25.1 Å². The molecule has 1 aromatic rings. The van der Waals surface area contributed by atoms with E-state index in [9.17, 15) is 9.59 Å². The Kier molecular flexibility index (Phi) is 4.73. The number of aromatic nitrogens is 2. The Hall–Kier alpha value is -2.05. The molecule has 1 N–H and O–H groups in total. The quantitative estimate of drug-likeness (QED) is 0.816. The predicted molar refractivity (Wildman–Crippen MR) is 79.7 cm³/mol. The van der Waals surface area contributed by atoms with E-state index < -0.39 is 11.9 Å². The lowest BCUT2D eigenvalue weighted by Crippen LogP contribution is -2.41. The molecule has 0 radical (unpaired) electrons. The molecule has 22 heavy (non-hydrogen) atoms. The van der Waals surface area contributed by atoms with E-state index in [1.54, 1.807) is 16.5 Å². The first-order valence-corrected chi connectivity index (χ1v) is 7.46. The first-order valence-electron chi connectivity index (χ1n) is 7.46. The molecule has 7 heteroatoms. The molecular formula is C15H23N3O4. The van der Waals surface area contributed by atoms with E-state index in [0.717, 1.165) is 24.2 Å². The van der Waals surface area contributed by atoms with Gasteiger partial charge in [-0.25, -0.2) is 0 Å². The number of carbonyl (C=O) groups is 2. The van der Waals surface area contributed by atoms with Crippen LogP contribution in [0.15, 0.2) is 0 Å². The number of ether oxygens (including phenoxy) is 1. The van der Waals surface area contributed by atoms with Gasteiger partial charge in [-0.2, -0.15) is 5.10 Å². The number of aryl methyl sites for hydroxylation is 2. The Morgan fingerprint density at radius 2 is 2.09 bits per heavy atom. The summed E-state index contributed by atoms with van der Waals surface area (Å²) in [6.45, 7) is 5.47. The summed E-state index contributed by atoms with van der Waals surface area (Å²) in [6.07, 6.45) is 1.87. The van der Waals surface area contributed by atoms with Crippen molar-refractivity contribution in [1.29, 1.82) is 0 Å². The molecule has 1 heterocycles. The Balaban J connectivity index is 1.98. The molecular weight excluding hydrogens is 286 g/mol. The minimum absolute atomic E-state index is 0.0871. The van der Waals surface area contributed by atoms with Gasteiger partial charge in [0.05, 0.1) is 11.6 Å². The molecule has 2 rings (SSSR count). The van der Waals surface area contributed by atoms with E-state index in [2.05, 4.69) is 5.10 Å². The summed E-state index contributed by atoms with van der Waals surface area (Å²) in [5.74, 6) is -1.01. The summed E-state index contributed by atoms with van der Waals surface area (Å²) in [5, 5.41) is 13.3. The number of carboxylic acid groups (broad SMARTS) is 1. The maximum absolute atomic E-state index is 12.4. The van der Waals surface area contributed by atoms with Gasteiger partial charge in [0, 0.05) is 19.6 Å². The van der Waals surface area contributed by atoms with Crippen LogP contribution in [0.25, 0.3) is 0 Å². The molecule has 1 aromatic heterocycles. The Labute approximate surface area is 129 Å². The van der Waals surface area contributed by atoms with Crippen LogP contribution < -0.4 is 4.74 Å². The van der Waals surface area contributed by atoms with Gasteiger partial charge in [0.1, 0.15) is 5.69 Å². The number of hydrogen-bond acceptors (Lipinski definition) is 4. The standard InChI is InChI=1S/C15H23N3O4/c1-9(15(20)21)7-18(12-5-6-12)13(19)8-22-14-10(2)16-17(4)11(14)3/h9,12H,5-8H2,1-4H3,(H,20,21)/t9-/m1/s1. The molecule has 1 atom stereocenters. The van der Waals surface area contributed by atoms with Crippen molar-refractivity contribution < 1.29 is 19.4 Å². The second kappa shape index (κ2) is 6.37. The molecule has 7 nitrogen and oxygen atoms in total. The number of nitrogens with zero attached hydrogens (tertiary/aromatic N) is 3. The van der Waals surface area contributed by atoms with Crippen LogP contribution in [0.4, 0.5) is 0 Å². The lowest BCUT2D eigenvalue weighted by molar-refractivity contribution is -0.143. The highest BCUT2D eigenvalue weighted by atomic mass is 16.5. The Morgan fingerprint density at radius 1 is 1.45 bits per heavy atom. The zero-order valence-electron chi connectivity index (χ0n) is 13.5. The molecule has 0 saturated heterocycles. The maximum Gasteiger partial charge on any atom is 0.308 e. The first-order chi connectivity index (χ1) is 10.3. The number of hydrogen-bond donors (Lipinski definition) is 1. The largest absolute Gasteiger partial charge is 0.481 e. The summed E-state index contributed by atoms with van der Waals surface area (Å²) in [5.41, 5.74) is 1.60. The smallest absolute Gasteiger partial charge is 0.308 e. The van der Waals surface area contributed by atoms with Crippen molar-refractivity contribution in [3.8, 4) is 5.75 Å². The van der Waals surface area contributed by atoms with Crippen LogP contribution in [-0.4, -0.2) is 50.9 Å². The molecule has 122 valence electrons. The number of carboxylic acids is 1. The molecule has 0 unspecified atom stereocenters. The topological polar surface area (TPSA) is 84.7 Å². The molecule has 0 aromatic carbocycles. The van der Waals surface area contributed by atoms with Crippen LogP contribution in [-0.2, 0) is 16.6 Å². The van der Waals surface area contributed by atoms with E-state index in [1.807, 2.05) is 20.9 Å². The first kappa shape index (κ1) is 16.3. The van der Waals surface area contributed by atoms with Gasteiger partial charge in [0.25, 0.3) is 5.91 Å². The van der Waals surface area contributed by atoms with Gasteiger partial charge in [-0.1, -0.05) is 6.92 Å². The van der Waals surface area contributed by atoms with Crippen LogP contribution in [0.1, 0.15) is 31.2 Å². The third-order valence-electron chi connectivity index (χ3n) is 3.98. The summed E-state index contributed by atoms with van der Waals surface area (Å²) < 4.78 is 7.34. The fraction of sp³-hybridized carbons (Fsp3) is 0.667. The van der Waals surface area contributed by atoms with Crippen molar-refractivity contribution in [1.82, 2.24) is 14.7 Å². The fourth-order valence-corrected chi connectivity index (χ4v) is 2.39. The number of carbonyl (C=O) groups excluding carboxylic acids is 1. The van der Waals surface area contributed by atoms with Crippen LogP contribution in [0, 0.1) is 19.8 Å². The third-order valence-corrected chi connectivity index (χ3v) is 3.98. The molecule has 1 fully saturated rings. The van der Waals surface area contributed by atoms with E-state index in [0.29, 0.717) is 5.75 Å². The van der Waals surface area contributed by atoms with Crippen molar-refractivity contribution in [3.05, 3.63) is 11.4 Å². The van der Waals surface area contributed by atoms with Crippen LogP contribution in [0.3, 0.4) is 0 Å². The Bertz CT molecular complexity index is 578. The van der Waals surface area contributed by atoms with Crippen LogP contribution in [0.2, 0.25) is 0 Å². The highest BCUT2D eigenvalue weighted by Gasteiger charge is 2.34. The zero-order chi connectivity index (χ0) is 16.4. The predicted octanol–water partition coefficient (Wildman–Crippen LogP) is 1.13. The van der Waals surface area contributed by atoms with Gasteiger partial charge in [-0.15, -0.1) is 0 Å². The van der Waals surface area contributed by atoms with Crippen LogP contribution >= 0.6 is 0 Å². The minimum Gasteiger partial charge on any atom is -0.481 e. The maximum atomic E-state index is 12.4. The van der Waals surface area contributed by atoms with Gasteiger partial charge >= 0.3 is 5.97 Å². The second-order valence-corrected chi connectivity index (χ2v) is 5.93. The Morgan fingerprint density at radius 3 is 2.55 bits per heavy atom. The fourth-order valence-electron chi connectivity index (χ4n) is 2.39. The number of amides is 1. The lowest BCUT2D eigenvalue weighted by atomic mass is 10.1. The van der Waals surface area contributed by atoms with Gasteiger partial charge in [0.15, 0.2) is 12.4 Å². The van der Waals surface area contributed by atoms with Crippen molar-refractivity contribution in [2.24, 2.45) is 13.0 Å². The molecule has 1 aliphatic rings. The van der Waals surface area contributed by atoms with Crippen molar-refractivity contribution in [2.75, 3.05) is 13.2 Å². The summed E-state index contributed by atoms with van der Waals surface area (Å²) >= 11 is 0. The summed E-state index contributed by atoms with van der Waals surface area (Å²) in [7, 11) is 1.82. The van der Waals surface area contributed by atoms with E-state index in [1.165, 1.54) is 0 Å². The lowest BCUT2D eigenvalue weighted by Gasteiger charge is -2.24. The highest BCUT2D eigenvalue weighted by Crippen LogP contribution is 2.28. The highest BCUT2D eigenvalue weighted by molar-refractivity contribution is 5.79. The molecule has 1 saturated carbocycles. The zero-order valence-corrected chi connectivity index (χ0v) is 13.5. The van der Waals surface area contributed by atoms with Gasteiger partial charge < -0.3 is 14.7 Å². The van der Waals surface area contributed by atoms with Crippen molar-refractivity contribution >= 4 is 11.9 Å². The van der Waals surface area contributed by atoms with Crippen molar-refractivity contribution in [2.45, 2.75) is 39.7 Å².